The molecular weight excluding hydrogens is 405 g/mol. The fraction of sp³-hybridized carbons (Fsp3) is 0.360. The molecule has 1 aromatic heterocycles. The lowest BCUT2D eigenvalue weighted by atomic mass is 10.1. The Morgan fingerprint density at radius 3 is 2.78 bits per heavy atom. The largest absolute Gasteiger partial charge is 0.376 e. The van der Waals surface area contributed by atoms with Crippen LogP contribution < -0.4 is 5.32 Å². The van der Waals surface area contributed by atoms with Crippen molar-refractivity contribution in [2.45, 2.75) is 26.5 Å². The summed E-state index contributed by atoms with van der Waals surface area (Å²) in [7, 11) is 1.78. The third kappa shape index (κ3) is 5.34. The maximum Gasteiger partial charge on any atom is 0.193 e. The summed E-state index contributed by atoms with van der Waals surface area (Å²) in [6.07, 6.45) is 4.51. The summed E-state index contributed by atoms with van der Waals surface area (Å²) >= 11 is 0. The fourth-order valence-electron chi connectivity index (χ4n) is 4.08. The van der Waals surface area contributed by atoms with Crippen LogP contribution in [0.2, 0.25) is 0 Å². The van der Waals surface area contributed by atoms with E-state index < -0.39 is 0 Å². The highest BCUT2D eigenvalue weighted by molar-refractivity contribution is 5.80. The van der Waals surface area contributed by atoms with Crippen LogP contribution in [0.1, 0.15) is 23.4 Å². The number of likely N-dealkylation sites (tertiary alicyclic amines) is 1. The van der Waals surface area contributed by atoms with Gasteiger partial charge >= 0.3 is 0 Å². The Morgan fingerprint density at radius 2 is 2.06 bits per heavy atom. The molecular formula is C25H30FN5O. The Labute approximate surface area is 188 Å². The van der Waals surface area contributed by atoms with Crippen LogP contribution in [0.15, 0.2) is 65.9 Å². The number of guanidine groups is 1. The van der Waals surface area contributed by atoms with Gasteiger partial charge in [-0.1, -0.05) is 36.4 Å². The summed E-state index contributed by atoms with van der Waals surface area (Å²) in [5.41, 5.74) is 2.57. The molecule has 2 aromatic carbocycles. The van der Waals surface area contributed by atoms with Crippen LogP contribution in [0.3, 0.4) is 0 Å². The molecule has 4 rings (SSSR count). The van der Waals surface area contributed by atoms with Gasteiger partial charge in [0.15, 0.2) is 5.96 Å². The van der Waals surface area contributed by atoms with E-state index in [0.717, 1.165) is 43.5 Å². The van der Waals surface area contributed by atoms with Crippen LogP contribution in [0.5, 0.6) is 0 Å². The van der Waals surface area contributed by atoms with Crippen molar-refractivity contribution in [3.63, 3.8) is 0 Å². The molecule has 0 bridgehead atoms. The summed E-state index contributed by atoms with van der Waals surface area (Å²) in [5, 5.41) is 3.37. The zero-order chi connectivity index (χ0) is 22.3. The molecule has 0 saturated carbocycles. The number of ether oxygens (including phenoxy) is 1. The molecule has 1 saturated heterocycles. The zero-order valence-electron chi connectivity index (χ0n) is 18.7. The van der Waals surface area contributed by atoms with E-state index in [1.165, 1.54) is 5.56 Å². The van der Waals surface area contributed by atoms with Gasteiger partial charge in [-0.2, -0.15) is 0 Å². The van der Waals surface area contributed by atoms with E-state index in [4.69, 9.17) is 4.74 Å². The van der Waals surface area contributed by atoms with Gasteiger partial charge in [-0.25, -0.2) is 9.37 Å². The lowest BCUT2D eigenvalue weighted by Crippen LogP contribution is -2.39. The number of hydrogen-bond donors (Lipinski definition) is 1. The van der Waals surface area contributed by atoms with Gasteiger partial charge in [0, 0.05) is 45.0 Å². The molecule has 0 radical (unpaired) electrons. The van der Waals surface area contributed by atoms with Gasteiger partial charge < -0.3 is 19.5 Å². The van der Waals surface area contributed by atoms with Crippen molar-refractivity contribution in [3.8, 4) is 5.69 Å². The van der Waals surface area contributed by atoms with Crippen LogP contribution in [-0.2, 0) is 17.9 Å². The number of aromatic nitrogens is 2. The van der Waals surface area contributed by atoms with Crippen molar-refractivity contribution in [3.05, 3.63) is 83.7 Å². The van der Waals surface area contributed by atoms with Crippen molar-refractivity contribution >= 4 is 5.96 Å². The normalized spacial score (nSPS) is 16.5. The molecule has 3 aromatic rings. The highest BCUT2D eigenvalue weighted by Crippen LogP contribution is 2.19. The SMILES string of the molecule is CN=C(NCc1ccc(-n2ccnc2C)c(F)c1)N1CCC(COCc2ccccc2)C1. The van der Waals surface area contributed by atoms with Crippen molar-refractivity contribution in [1.29, 1.82) is 0 Å². The maximum absolute atomic E-state index is 14.7. The number of imidazole rings is 1. The average Bonchev–Trinajstić information content (AvgIpc) is 3.44. The number of nitrogens with zero attached hydrogens (tertiary/aromatic N) is 4. The Kier molecular flexibility index (Phi) is 7.17. The summed E-state index contributed by atoms with van der Waals surface area (Å²) in [4.78, 5) is 10.8. The molecule has 1 atom stereocenters. The van der Waals surface area contributed by atoms with Crippen molar-refractivity contribution in [2.75, 3.05) is 26.7 Å². The molecule has 1 N–H and O–H groups in total. The molecule has 168 valence electrons. The topological polar surface area (TPSA) is 54.7 Å². The summed E-state index contributed by atoms with van der Waals surface area (Å²) in [6, 6.07) is 15.5. The number of nitrogens with one attached hydrogen (secondary N) is 1. The van der Waals surface area contributed by atoms with Crippen molar-refractivity contribution < 1.29 is 9.13 Å². The Morgan fingerprint density at radius 1 is 1.22 bits per heavy atom. The first-order valence-corrected chi connectivity index (χ1v) is 11.0. The minimum atomic E-state index is -0.266. The fourth-order valence-corrected chi connectivity index (χ4v) is 4.08. The van der Waals surface area contributed by atoms with Gasteiger partial charge in [-0.15, -0.1) is 0 Å². The van der Waals surface area contributed by atoms with Gasteiger partial charge in [-0.3, -0.25) is 4.99 Å². The first-order valence-electron chi connectivity index (χ1n) is 11.0. The van der Waals surface area contributed by atoms with Gasteiger partial charge in [0.1, 0.15) is 11.6 Å². The Balaban J connectivity index is 1.27. The van der Waals surface area contributed by atoms with E-state index in [2.05, 4.69) is 32.3 Å². The molecule has 1 unspecified atom stereocenters. The Bertz CT molecular complexity index is 1050. The lowest BCUT2D eigenvalue weighted by Gasteiger charge is -2.22. The van der Waals surface area contributed by atoms with Crippen LogP contribution in [0, 0.1) is 18.7 Å². The number of halogens is 1. The van der Waals surface area contributed by atoms with Crippen LogP contribution in [0.4, 0.5) is 4.39 Å². The minimum Gasteiger partial charge on any atom is -0.376 e. The molecule has 32 heavy (non-hydrogen) atoms. The number of hydrogen-bond acceptors (Lipinski definition) is 3. The zero-order valence-corrected chi connectivity index (χ0v) is 18.7. The molecule has 0 spiro atoms. The number of aryl methyl sites for hydroxylation is 1. The van der Waals surface area contributed by atoms with Gasteiger partial charge in [0.05, 0.1) is 18.9 Å². The van der Waals surface area contributed by atoms with E-state index in [1.807, 2.05) is 31.2 Å². The molecule has 1 aliphatic rings. The van der Waals surface area contributed by atoms with Crippen LogP contribution >= 0.6 is 0 Å². The second-order valence-electron chi connectivity index (χ2n) is 8.13. The standard InChI is InChI=1S/C25H30FN5O/c1-19-28-11-13-31(19)24-9-8-21(14-23(24)26)15-29-25(27-2)30-12-10-22(16-30)18-32-17-20-6-4-3-5-7-20/h3-9,11,13-14,22H,10,12,15-18H2,1-2H3,(H,27,29). The molecule has 1 aliphatic heterocycles. The van der Waals surface area contributed by atoms with Crippen LogP contribution in [0.25, 0.3) is 5.69 Å². The smallest absolute Gasteiger partial charge is 0.193 e. The third-order valence-corrected chi connectivity index (χ3v) is 5.81. The first-order chi connectivity index (χ1) is 15.6. The van der Waals surface area contributed by atoms with Gasteiger partial charge in [0.25, 0.3) is 0 Å². The molecule has 0 aliphatic carbocycles. The first kappa shape index (κ1) is 22.0. The lowest BCUT2D eigenvalue weighted by molar-refractivity contribution is 0.0906. The van der Waals surface area contributed by atoms with E-state index >= 15 is 0 Å². The number of benzene rings is 2. The van der Waals surface area contributed by atoms with Crippen molar-refractivity contribution in [1.82, 2.24) is 19.8 Å². The van der Waals surface area contributed by atoms with E-state index in [9.17, 15) is 4.39 Å². The second kappa shape index (κ2) is 10.4. The molecule has 1 fully saturated rings. The van der Waals surface area contributed by atoms with Gasteiger partial charge in [0.2, 0.25) is 0 Å². The van der Waals surface area contributed by atoms with E-state index in [1.54, 1.807) is 36.1 Å². The van der Waals surface area contributed by atoms with Gasteiger partial charge in [-0.05, 0) is 36.6 Å². The van der Waals surface area contributed by atoms with Crippen molar-refractivity contribution in [2.24, 2.45) is 10.9 Å². The minimum absolute atomic E-state index is 0.266. The van der Waals surface area contributed by atoms with E-state index in [0.29, 0.717) is 24.8 Å². The number of rotatable bonds is 7. The molecule has 6 nitrogen and oxygen atoms in total. The van der Waals surface area contributed by atoms with E-state index in [-0.39, 0.29) is 5.82 Å². The maximum atomic E-state index is 14.7. The predicted octanol–water partition coefficient (Wildman–Crippen LogP) is 3.93. The highest BCUT2D eigenvalue weighted by Gasteiger charge is 2.25. The summed E-state index contributed by atoms with van der Waals surface area (Å²) in [6.45, 7) is 5.59. The highest BCUT2D eigenvalue weighted by atomic mass is 19.1. The molecule has 0 amide bonds. The van der Waals surface area contributed by atoms with Crippen LogP contribution in [-0.4, -0.2) is 47.2 Å². The molecule has 7 heteroatoms. The average molecular weight is 436 g/mol. The predicted molar refractivity (Wildman–Crippen MR) is 124 cm³/mol. The number of aliphatic imine (C=N–C) groups is 1. The molecule has 2 heterocycles. The Hall–Kier alpha value is -3.19. The quantitative estimate of drug-likeness (QED) is 0.451. The third-order valence-electron chi connectivity index (χ3n) is 5.81. The summed E-state index contributed by atoms with van der Waals surface area (Å²) in [5.74, 6) is 1.81. The summed E-state index contributed by atoms with van der Waals surface area (Å²) < 4.78 is 22.3. The second-order valence-corrected chi connectivity index (χ2v) is 8.13. The monoisotopic (exact) mass is 435 g/mol.